The van der Waals surface area contributed by atoms with Crippen LogP contribution >= 0.6 is 0 Å². The van der Waals surface area contributed by atoms with Crippen molar-refractivity contribution in [3.63, 3.8) is 0 Å². The lowest BCUT2D eigenvalue weighted by molar-refractivity contribution is 0.0985. The van der Waals surface area contributed by atoms with E-state index in [-0.39, 0.29) is 6.04 Å². The molecule has 7 rings (SSSR count). The molecular weight excluding hydrogens is 566 g/mol. The molecule has 11 heteroatoms. The second-order valence-corrected chi connectivity index (χ2v) is 11.1. The molecule has 4 aromatic heterocycles. The number of morpholine rings is 1. The fraction of sp³-hybridized carbons (Fsp3) is 0.265. The fourth-order valence-corrected chi connectivity index (χ4v) is 5.84. The van der Waals surface area contributed by atoms with Gasteiger partial charge < -0.3 is 19.7 Å². The number of ether oxygens (including phenoxy) is 2. The van der Waals surface area contributed by atoms with Gasteiger partial charge in [0.05, 0.1) is 59.3 Å². The highest BCUT2D eigenvalue weighted by atomic mass is 16.5. The Labute approximate surface area is 261 Å². The van der Waals surface area contributed by atoms with E-state index in [9.17, 15) is 0 Å². The average Bonchev–Trinajstić information content (AvgIpc) is 3.60. The third-order valence-corrected chi connectivity index (χ3v) is 8.09. The first-order valence-corrected chi connectivity index (χ1v) is 15.1. The Hall–Kier alpha value is -5.29. The van der Waals surface area contributed by atoms with Gasteiger partial charge in [-0.05, 0) is 44.5 Å². The molecule has 1 N–H and O–H groups in total. The number of benzene rings is 2. The monoisotopic (exact) mass is 601 g/mol. The number of anilines is 2. The van der Waals surface area contributed by atoms with Crippen LogP contribution in [-0.4, -0.2) is 67.1 Å². The highest BCUT2D eigenvalue weighted by Crippen LogP contribution is 2.33. The van der Waals surface area contributed by atoms with E-state index in [4.69, 9.17) is 29.5 Å². The number of aromatic nitrogens is 7. The van der Waals surface area contributed by atoms with Crippen LogP contribution in [0.3, 0.4) is 0 Å². The molecule has 1 saturated heterocycles. The molecule has 2 aromatic carbocycles. The summed E-state index contributed by atoms with van der Waals surface area (Å²) in [5.74, 6) is 2.59. The van der Waals surface area contributed by atoms with Gasteiger partial charge in [0, 0.05) is 31.3 Å². The van der Waals surface area contributed by atoms with Crippen molar-refractivity contribution in [2.45, 2.75) is 33.4 Å². The van der Waals surface area contributed by atoms with E-state index in [2.05, 4.69) is 35.1 Å². The number of hydrogen-bond acceptors (Lipinski definition) is 9. The molecule has 1 aliphatic heterocycles. The van der Waals surface area contributed by atoms with Crippen LogP contribution in [0.5, 0.6) is 5.88 Å². The maximum absolute atomic E-state index is 5.90. The minimum Gasteiger partial charge on any atom is -0.473 e. The standard InChI is InChI=1S/C34H35N9O2/c1-22-20-44-17-16-41(22)30-18-28(38-34(39-30)42-29-13-9-8-12-27(29)37-33(42)35-4)32-23(2)40-43(24(32)3)26-14-15-31(36-19-26)45-21-25-10-6-5-7-11-25/h5-15,18-19,22H,16-17,20-21H2,1-4H3,(H,35,37)/t22-/m1/s1. The molecule has 0 saturated carbocycles. The first-order valence-electron chi connectivity index (χ1n) is 15.1. The van der Waals surface area contributed by atoms with Crippen molar-refractivity contribution >= 4 is 22.8 Å². The van der Waals surface area contributed by atoms with Crippen LogP contribution in [0.1, 0.15) is 23.9 Å². The highest BCUT2D eigenvalue weighted by Gasteiger charge is 2.25. The smallest absolute Gasteiger partial charge is 0.239 e. The van der Waals surface area contributed by atoms with Crippen LogP contribution in [0, 0.1) is 13.8 Å². The van der Waals surface area contributed by atoms with Gasteiger partial charge in [0.1, 0.15) is 12.4 Å². The molecule has 0 radical (unpaired) electrons. The molecule has 0 bridgehead atoms. The summed E-state index contributed by atoms with van der Waals surface area (Å²) in [5, 5.41) is 8.15. The maximum atomic E-state index is 5.90. The van der Waals surface area contributed by atoms with Crippen LogP contribution in [0.25, 0.3) is 33.9 Å². The van der Waals surface area contributed by atoms with Crippen LogP contribution in [-0.2, 0) is 11.3 Å². The molecule has 5 heterocycles. The van der Waals surface area contributed by atoms with Gasteiger partial charge in [0.2, 0.25) is 17.8 Å². The van der Waals surface area contributed by atoms with Gasteiger partial charge in [-0.3, -0.25) is 0 Å². The molecule has 11 nitrogen and oxygen atoms in total. The Morgan fingerprint density at radius 3 is 2.58 bits per heavy atom. The number of aryl methyl sites for hydroxylation is 1. The SMILES string of the molecule is CNc1nc2ccccc2n1-c1nc(-c2c(C)nn(-c3ccc(OCc4ccccc4)nc3)c2C)cc(N2CCOC[C@H]2C)n1. The van der Waals surface area contributed by atoms with E-state index in [0.29, 0.717) is 37.6 Å². The molecule has 0 amide bonds. The van der Waals surface area contributed by atoms with E-state index >= 15 is 0 Å². The van der Waals surface area contributed by atoms with Crippen molar-refractivity contribution in [2.24, 2.45) is 0 Å². The lowest BCUT2D eigenvalue weighted by atomic mass is 10.1. The summed E-state index contributed by atoms with van der Waals surface area (Å²) in [5.41, 5.74) is 7.24. The Kier molecular flexibility index (Phi) is 7.60. The Morgan fingerprint density at radius 2 is 1.80 bits per heavy atom. The zero-order chi connectivity index (χ0) is 30.9. The third-order valence-electron chi connectivity index (χ3n) is 8.09. The van der Waals surface area contributed by atoms with Crippen LogP contribution in [0.4, 0.5) is 11.8 Å². The van der Waals surface area contributed by atoms with E-state index in [0.717, 1.165) is 57.3 Å². The van der Waals surface area contributed by atoms with Gasteiger partial charge in [0.15, 0.2) is 0 Å². The number of nitrogens with zero attached hydrogens (tertiary/aromatic N) is 8. The van der Waals surface area contributed by atoms with Crippen LogP contribution in [0.15, 0.2) is 79.0 Å². The average molecular weight is 602 g/mol. The highest BCUT2D eigenvalue weighted by molar-refractivity contribution is 5.81. The van der Waals surface area contributed by atoms with Crippen molar-refractivity contribution < 1.29 is 9.47 Å². The fourth-order valence-electron chi connectivity index (χ4n) is 5.84. The molecule has 0 unspecified atom stereocenters. The van der Waals surface area contributed by atoms with Gasteiger partial charge >= 0.3 is 0 Å². The van der Waals surface area contributed by atoms with E-state index in [1.54, 1.807) is 6.20 Å². The number of rotatable bonds is 8. The molecule has 6 aromatic rings. The van der Waals surface area contributed by atoms with Crippen LogP contribution < -0.4 is 15.0 Å². The number of hydrogen-bond donors (Lipinski definition) is 1. The minimum absolute atomic E-state index is 0.163. The second kappa shape index (κ2) is 12.0. The van der Waals surface area contributed by atoms with Crippen molar-refractivity contribution in [1.29, 1.82) is 0 Å². The molecule has 1 aliphatic rings. The van der Waals surface area contributed by atoms with Gasteiger partial charge in [-0.25, -0.2) is 24.2 Å². The van der Waals surface area contributed by atoms with Crippen molar-refractivity contribution in [1.82, 2.24) is 34.3 Å². The summed E-state index contributed by atoms with van der Waals surface area (Å²) < 4.78 is 15.5. The molecule has 1 fully saturated rings. The number of nitrogens with one attached hydrogen (secondary N) is 1. The summed E-state index contributed by atoms with van der Waals surface area (Å²) >= 11 is 0. The summed E-state index contributed by atoms with van der Waals surface area (Å²) in [6.07, 6.45) is 1.78. The summed E-state index contributed by atoms with van der Waals surface area (Å²) in [7, 11) is 1.86. The number of imidazole rings is 1. The van der Waals surface area contributed by atoms with Crippen molar-refractivity contribution in [3.05, 3.63) is 95.9 Å². The predicted octanol–water partition coefficient (Wildman–Crippen LogP) is 5.53. The van der Waals surface area contributed by atoms with Gasteiger partial charge in [-0.2, -0.15) is 10.1 Å². The van der Waals surface area contributed by atoms with E-state index < -0.39 is 0 Å². The van der Waals surface area contributed by atoms with Gasteiger partial charge in [-0.15, -0.1) is 0 Å². The summed E-state index contributed by atoms with van der Waals surface area (Å²) in [4.78, 5) is 21.9. The zero-order valence-corrected chi connectivity index (χ0v) is 25.8. The van der Waals surface area contributed by atoms with E-state index in [1.165, 1.54) is 0 Å². The number of para-hydroxylation sites is 2. The molecule has 0 spiro atoms. The predicted molar refractivity (Wildman–Crippen MR) is 174 cm³/mol. The quantitative estimate of drug-likeness (QED) is 0.241. The minimum atomic E-state index is 0.163. The topological polar surface area (TPSA) is 108 Å². The Bertz CT molecular complexity index is 1950. The van der Waals surface area contributed by atoms with Gasteiger partial charge in [0.25, 0.3) is 0 Å². The normalized spacial score (nSPS) is 15.0. The van der Waals surface area contributed by atoms with E-state index in [1.807, 2.05) is 90.0 Å². The molecule has 1 atom stereocenters. The number of pyridine rings is 1. The Balaban J connectivity index is 1.29. The number of fused-ring (bicyclic) bond motifs is 1. The molecule has 45 heavy (non-hydrogen) atoms. The summed E-state index contributed by atoms with van der Waals surface area (Å²) in [6, 6.07) is 24.1. The maximum Gasteiger partial charge on any atom is 0.239 e. The van der Waals surface area contributed by atoms with Gasteiger partial charge in [-0.1, -0.05) is 42.5 Å². The van der Waals surface area contributed by atoms with Crippen LogP contribution in [0.2, 0.25) is 0 Å². The second-order valence-electron chi connectivity index (χ2n) is 11.1. The van der Waals surface area contributed by atoms with Crippen molar-refractivity contribution in [3.8, 4) is 28.8 Å². The van der Waals surface area contributed by atoms with Crippen molar-refractivity contribution in [2.75, 3.05) is 37.0 Å². The largest absolute Gasteiger partial charge is 0.473 e. The zero-order valence-electron chi connectivity index (χ0n) is 25.8. The Morgan fingerprint density at radius 1 is 0.978 bits per heavy atom. The molecular formula is C34H35N9O2. The summed E-state index contributed by atoms with van der Waals surface area (Å²) in [6.45, 7) is 8.69. The lowest BCUT2D eigenvalue weighted by Crippen LogP contribution is -2.44. The molecule has 228 valence electrons. The molecule has 0 aliphatic carbocycles. The lowest BCUT2D eigenvalue weighted by Gasteiger charge is -2.34. The first-order chi connectivity index (χ1) is 22.0. The first kappa shape index (κ1) is 28.5. The third kappa shape index (κ3) is 5.46.